The second-order valence-electron chi connectivity index (χ2n) is 6.24. The van der Waals surface area contributed by atoms with Crippen molar-refractivity contribution in [3.63, 3.8) is 0 Å². The molecule has 3 N–H and O–H groups in total. The molecule has 2 aliphatic carbocycles. The van der Waals surface area contributed by atoms with Gasteiger partial charge in [0.2, 0.25) is 0 Å². The van der Waals surface area contributed by atoms with Crippen LogP contribution in [0.4, 0.5) is 0 Å². The van der Waals surface area contributed by atoms with Gasteiger partial charge in [0.15, 0.2) is 0 Å². The van der Waals surface area contributed by atoms with Crippen LogP contribution in [0.2, 0.25) is 0 Å². The number of nitrogens with one attached hydrogen (secondary N) is 2. The third-order valence-corrected chi connectivity index (χ3v) is 4.57. The predicted molar refractivity (Wildman–Crippen MR) is 76.1 cm³/mol. The van der Waals surface area contributed by atoms with Gasteiger partial charge in [0.25, 0.3) is 5.91 Å². The number of hydrogen-bond donors (Lipinski definition) is 3. The lowest BCUT2D eigenvalue weighted by atomic mass is 9.90. The highest BCUT2D eigenvalue weighted by Gasteiger charge is 2.40. The maximum atomic E-state index is 12.3. The molecule has 1 amide bonds. The van der Waals surface area contributed by atoms with E-state index in [1.807, 2.05) is 0 Å². The van der Waals surface area contributed by atoms with Crippen LogP contribution in [-0.2, 0) is 4.79 Å². The summed E-state index contributed by atoms with van der Waals surface area (Å²) in [5, 5.41) is 19.2. The van der Waals surface area contributed by atoms with Gasteiger partial charge in [0.1, 0.15) is 11.2 Å². The normalized spacial score (nSPS) is 21.5. The van der Waals surface area contributed by atoms with Crippen molar-refractivity contribution in [1.29, 1.82) is 0 Å². The lowest BCUT2D eigenvalue weighted by Gasteiger charge is -2.28. The van der Waals surface area contributed by atoms with Gasteiger partial charge in [-0.1, -0.05) is 25.7 Å². The van der Waals surface area contributed by atoms with E-state index in [9.17, 15) is 14.7 Å². The summed E-state index contributed by atoms with van der Waals surface area (Å²) in [7, 11) is 0. The monoisotopic (exact) mass is 291 g/mol. The van der Waals surface area contributed by atoms with E-state index >= 15 is 0 Å². The SMILES string of the molecule is O=C(NC1(C(=O)O)CCCCCC1)c1cc(C2CC2)[nH]n1. The maximum Gasteiger partial charge on any atom is 0.329 e. The second kappa shape index (κ2) is 5.50. The zero-order valence-electron chi connectivity index (χ0n) is 12.0. The molecule has 6 heteroatoms. The first-order valence-electron chi connectivity index (χ1n) is 7.72. The summed E-state index contributed by atoms with van der Waals surface area (Å²) in [6.45, 7) is 0. The molecule has 2 aliphatic rings. The Kier molecular flexibility index (Phi) is 3.69. The lowest BCUT2D eigenvalue weighted by molar-refractivity contribution is -0.145. The standard InChI is InChI=1S/C15H21N3O3/c19-13(12-9-11(17-18-12)10-5-6-10)16-15(14(20)21)7-3-1-2-4-8-15/h9-10H,1-8H2,(H,16,19)(H,17,18)(H,20,21). The number of aromatic nitrogens is 2. The van der Waals surface area contributed by atoms with Crippen LogP contribution in [0.15, 0.2) is 6.07 Å². The van der Waals surface area contributed by atoms with Gasteiger partial charge in [-0.05, 0) is 31.7 Å². The number of carboxylic acid groups (broad SMARTS) is 1. The summed E-state index contributed by atoms with van der Waals surface area (Å²) in [6.07, 6.45) is 6.96. The largest absolute Gasteiger partial charge is 0.480 e. The number of amides is 1. The highest BCUT2D eigenvalue weighted by Crippen LogP contribution is 2.39. The van der Waals surface area contributed by atoms with Gasteiger partial charge < -0.3 is 10.4 Å². The molecule has 0 aromatic carbocycles. The Labute approximate surface area is 123 Å². The first kappa shape index (κ1) is 14.1. The molecule has 1 aromatic heterocycles. The number of aromatic amines is 1. The maximum absolute atomic E-state index is 12.3. The van der Waals surface area contributed by atoms with E-state index in [-0.39, 0.29) is 5.91 Å². The van der Waals surface area contributed by atoms with Crippen LogP contribution in [0.25, 0.3) is 0 Å². The molecule has 3 rings (SSSR count). The molecule has 0 aliphatic heterocycles. The molecule has 0 saturated heterocycles. The summed E-state index contributed by atoms with van der Waals surface area (Å²) >= 11 is 0. The fourth-order valence-electron chi connectivity index (χ4n) is 3.06. The molecule has 6 nitrogen and oxygen atoms in total. The third-order valence-electron chi connectivity index (χ3n) is 4.57. The molecular formula is C15H21N3O3. The minimum atomic E-state index is -1.13. The van der Waals surface area contributed by atoms with Crippen molar-refractivity contribution in [3.05, 3.63) is 17.5 Å². The van der Waals surface area contributed by atoms with Crippen molar-refractivity contribution >= 4 is 11.9 Å². The van der Waals surface area contributed by atoms with Gasteiger partial charge in [0.05, 0.1) is 0 Å². The van der Waals surface area contributed by atoms with E-state index < -0.39 is 11.5 Å². The van der Waals surface area contributed by atoms with E-state index in [4.69, 9.17) is 0 Å². The number of aliphatic carboxylic acids is 1. The van der Waals surface area contributed by atoms with Crippen LogP contribution in [-0.4, -0.2) is 32.7 Å². The Balaban J connectivity index is 1.74. The van der Waals surface area contributed by atoms with Crippen LogP contribution >= 0.6 is 0 Å². The molecule has 2 fully saturated rings. The zero-order valence-corrected chi connectivity index (χ0v) is 12.0. The molecule has 114 valence electrons. The van der Waals surface area contributed by atoms with Crippen molar-refractivity contribution in [1.82, 2.24) is 15.5 Å². The molecule has 1 aromatic rings. The first-order valence-corrected chi connectivity index (χ1v) is 7.72. The fourth-order valence-corrected chi connectivity index (χ4v) is 3.06. The number of carbonyl (C=O) groups excluding carboxylic acids is 1. The summed E-state index contributed by atoms with van der Waals surface area (Å²) in [5.74, 6) is -0.830. The van der Waals surface area contributed by atoms with Crippen LogP contribution in [0.1, 0.15) is 73.5 Å². The molecule has 0 spiro atoms. The molecule has 0 unspecified atom stereocenters. The fraction of sp³-hybridized carbons (Fsp3) is 0.667. The van der Waals surface area contributed by atoms with Crippen LogP contribution < -0.4 is 5.32 Å². The molecule has 2 saturated carbocycles. The van der Waals surface area contributed by atoms with Crippen molar-refractivity contribution in [2.75, 3.05) is 0 Å². The van der Waals surface area contributed by atoms with E-state index in [1.165, 1.54) is 0 Å². The Morgan fingerprint density at radius 3 is 2.48 bits per heavy atom. The van der Waals surface area contributed by atoms with E-state index in [1.54, 1.807) is 6.07 Å². The molecule has 1 heterocycles. The minimum absolute atomic E-state index is 0.293. The summed E-state index contributed by atoms with van der Waals surface area (Å²) in [5.41, 5.74) is 0.138. The van der Waals surface area contributed by atoms with Crippen LogP contribution in [0.5, 0.6) is 0 Å². The smallest absolute Gasteiger partial charge is 0.329 e. The van der Waals surface area contributed by atoms with Gasteiger partial charge in [-0.25, -0.2) is 4.79 Å². The predicted octanol–water partition coefficient (Wildman–Crippen LogP) is 2.19. The minimum Gasteiger partial charge on any atom is -0.480 e. The highest BCUT2D eigenvalue weighted by atomic mass is 16.4. The lowest BCUT2D eigenvalue weighted by Crippen LogP contribution is -2.54. The highest BCUT2D eigenvalue weighted by molar-refractivity contribution is 5.96. The number of nitrogens with zero attached hydrogens (tertiary/aromatic N) is 1. The second-order valence-corrected chi connectivity index (χ2v) is 6.24. The number of hydrogen-bond acceptors (Lipinski definition) is 3. The van der Waals surface area contributed by atoms with Gasteiger partial charge in [-0.15, -0.1) is 0 Å². The van der Waals surface area contributed by atoms with Crippen molar-refractivity contribution in [2.45, 2.75) is 62.8 Å². The molecule has 0 bridgehead atoms. The third kappa shape index (κ3) is 2.94. The van der Waals surface area contributed by atoms with E-state index in [0.717, 1.165) is 44.2 Å². The van der Waals surface area contributed by atoms with Gasteiger partial charge in [-0.3, -0.25) is 9.89 Å². The Morgan fingerprint density at radius 1 is 1.24 bits per heavy atom. The number of H-pyrrole nitrogens is 1. The van der Waals surface area contributed by atoms with Gasteiger partial charge >= 0.3 is 5.97 Å². The first-order chi connectivity index (χ1) is 10.1. The van der Waals surface area contributed by atoms with Crippen LogP contribution in [0.3, 0.4) is 0 Å². The quantitative estimate of drug-likeness (QED) is 0.741. The van der Waals surface area contributed by atoms with Crippen molar-refractivity contribution < 1.29 is 14.7 Å². The summed E-state index contributed by atoms with van der Waals surface area (Å²) < 4.78 is 0. The Hall–Kier alpha value is -1.85. The van der Waals surface area contributed by atoms with Gasteiger partial charge in [-0.2, -0.15) is 5.10 Å². The Morgan fingerprint density at radius 2 is 1.90 bits per heavy atom. The molecule has 0 radical (unpaired) electrons. The van der Waals surface area contributed by atoms with Crippen molar-refractivity contribution in [3.8, 4) is 0 Å². The Bertz CT molecular complexity index is 540. The zero-order chi connectivity index (χ0) is 14.9. The van der Waals surface area contributed by atoms with Crippen LogP contribution in [0, 0.1) is 0 Å². The number of carboxylic acids is 1. The molecule has 0 atom stereocenters. The van der Waals surface area contributed by atoms with Gasteiger partial charge in [0, 0.05) is 11.6 Å². The topological polar surface area (TPSA) is 95.1 Å². The average Bonchev–Trinajstić information content (AvgIpc) is 3.23. The molecular weight excluding hydrogens is 270 g/mol. The van der Waals surface area contributed by atoms with Crippen molar-refractivity contribution in [2.24, 2.45) is 0 Å². The average molecular weight is 291 g/mol. The number of carbonyl (C=O) groups is 2. The van der Waals surface area contributed by atoms with E-state index in [0.29, 0.717) is 24.5 Å². The summed E-state index contributed by atoms with van der Waals surface area (Å²) in [4.78, 5) is 24.0. The summed E-state index contributed by atoms with van der Waals surface area (Å²) in [6, 6.07) is 1.75. The van der Waals surface area contributed by atoms with E-state index in [2.05, 4.69) is 15.5 Å². The molecule has 21 heavy (non-hydrogen) atoms. The number of rotatable bonds is 4.